The number of fused-ring (bicyclic) bond motifs is 6. The van der Waals surface area contributed by atoms with Gasteiger partial charge in [0, 0.05) is 49.9 Å². The van der Waals surface area contributed by atoms with Crippen LogP contribution in [0.3, 0.4) is 0 Å². The second kappa shape index (κ2) is 13.6. The van der Waals surface area contributed by atoms with E-state index in [9.17, 15) is 0 Å². The highest BCUT2D eigenvalue weighted by Gasteiger charge is 2.20. The smallest absolute Gasteiger partial charge is 0.143 e. The van der Waals surface area contributed by atoms with E-state index < -0.39 is 0 Å². The van der Waals surface area contributed by atoms with Crippen LogP contribution in [0.4, 0.5) is 17.1 Å². The molecule has 2 aromatic heterocycles. The predicted molar refractivity (Wildman–Crippen MR) is 239 cm³/mol. The zero-order valence-electron chi connectivity index (χ0n) is 31.1. The molecule has 11 aromatic rings. The van der Waals surface area contributed by atoms with Crippen LogP contribution in [0.2, 0.25) is 0 Å². The lowest BCUT2D eigenvalue weighted by molar-refractivity contribution is 0.670. The summed E-state index contributed by atoms with van der Waals surface area (Å²) in [7, 11) is 0. The normalized spacial score (nSPS) is 11.5. The highest BCUT2D eigenvalue weighted by molar-refractivity contribution is 6.13. The largest absolute Gasteiger partial charge is 0.455 e. The summed E-state index contributed by atoms with van der Waals surface area (Å²) < 4.78 is 9.09. The van der Waals surface area contributed by atoms with Crippen LogP contribution in [0.5, 0.6) is 0 Å². The second-order valence-corrected chi connectivity index (χ2v) is 14.6. The molecule has 0 atom stereocenters. The maximum Gasteiger partial charge on any atom is 0.143 e. The van der Waals surface area contributed by atoms with Gasteiger partial charge in [0.25, 0.3) is 0 Å². The van der Waals surface area contributed by atoms with Gasteiger partial charge in [-0.1, -0.05) is 152 Å². The predicted octanol–water partition coefficient (Wildman–Crippen LogP) is 15.2. The Morgan fingerprint density at radius 1 is 0.333 bits per heavy atom. The van der Waals surface area contributed by atoms with Crippen molar-refractivity contribution in [2.24, 2.45) is 0 Å². The van der Waals surface area contributed by atoms with E-state index in [0.717, 1.165) is 55.8 Å². The molecule has 2 heterocycles. The highest BCUT2D eigenvalue weighted by Crippen LogP contribution is 2.43. The van der Waals surface area contributed by atoms with Crippen LogP contribution in [0.15, 0.2) is 223 Å². The zero-order valence-corrected chi connectivity index (χ0v) is 31.1. The third-order valence-electron chi connectivity index (χ3n) is 11.2. The van der Waals surface area contributed by atoms with E-state index in [2.05, 4.69) is 222 Å². The van der Waals surface area contributed by atoms with Crippen LogP contribution >= 0.6 is 0 Å². The molecule has 0 fully saturated rings. The van der Waals surface area contributed by atoms with Crippen molar-refractivity contribution in [3.63, 3.8) is 0 Å². The molecule has 0 bridgehead atoms. The highest BCUT2D eigenvalue weighted by atomic mass is 16.3. The molecule has 0 unspecified atom stereocenters. The van der Waals surface area contributed by atoms with Gasteiger partial charge in [0.15, 0.2) is 0 Å². The van der Waals surface area contributed by atoms with Gasteiger partial charge in [-0.2, -0.15) is 0 Å². The molecule has 0 aliphatic rings. The Morgan fingerprint density at radius 2 is 0.842 bits per heavy atom. The van der Waals surface area contributed by atoms with Crippen molar-refractivity contribution in [3.05, 3.63) is 218 Å². The van der Waals surface area contributed by atoms with Crippen LogP contribution in [-0.4, -0.2) is 4.57 Å². The fraction of sp³-hybridized carbons (Fsp3) is 0. The minimum Gasteiger partial charge on any atom is -0.455 e. The number of rotatable bonds is 7. The average molecular weight is 729 g/mol. The quantitative estimate of drug-likeness (QED) is 0.163. The van der Waals surface area contributed by atoms with Crippen molar-refractivity contribution in [2.75, 3.05) is 4.90 Å². The molecule has 0 N–H and O–H groups in total. The van der Waals surface area contributed by atoms with Crippen molar-refractivity contribution in [3.8, 4) is 39.1 Å². The summed E-state index contributed by atoms with van der Waals surface area (Å²) in [5, 5.41) is 4.68. The molecule has 268 valence electrons. The zero-order chi connectivity index (χ0) is 37.7. The summed E-state index contributed by atoms with van der Waals surface area (Å²) in [6.45, 7) is 0. The van der Waals surface area contributed by atoms with Crippen molar-refractivity contribution < 1.29 is 4.42 Å². The topological polar surface area (TPSA) is 21.3 Å². The first-order chi connectivity index (χ1) is 28.3. The number of nitrogens with zero attached hydrogens (tertiary/aromatic N) is 2. The standard InChI is InChI=1S/C54H36N2O/c1-3-15-37(16-4-1)40-19-13-21-43(33-40)55(44-22-14-20-41(34-44)38-17-5-2-6-18-38)42-31-29-39(30-32-42)49-35-45(36-50-48-25-9-12-28-53(48)57-54(49)50)56-51-26-10-7-23-46(51)47-24-8-11-27-52(47)56/h1-36H. The monoisotopic (exact) mass is 728 g/mol. The lowest BCUT2D eigenvalue weighted by Crippen LogP contribution is -2.10. The summed E-state index contributed by atoms with van der Waals surface area (Å²) in [6.07, 6.45) is 0. The number of para-hydroxylation sites is 3. The SMILES string of the molecule is c1ccc(-c2cccc(N(c3ccc(-c4cc(-n5c6ccccc6c6ccccc65)cc5c4oc4ccccc45)cc3)c3cccc(-c4ccccc4)c3)c2)cc1. The van der Waals surface area contributed by atoms with E-state index in [1.165, 1.54) is 44.1 Å². The first-order valence-electron chi connectivity index (χ1n) is 19.4. The van der Waals surface area contributed by atoms with Crippen molar-refractivity contribution in [1.29, 1.82) is 0 Å². The van der Waals surface area contributed by atoms with E-state index in [-0.39, 0.29) is 0 Å². The average Bonchev–Trinajstić information content (AvgIpc) is 3.83. The fourth-order valence-electron chi connectivity index (χ4n) is 8.50. The molecule has 3 nitrogen and oxygen atoms in total. The van der Waals surface area contributed by atoms with Gasteiger partial charge < -0.3 is 13.9 Å². The molecule has 3 heteroatoms. The van der Waals surface area contributed by atoms with Crippen LogP contribution < -0.4 is 4.90 Å². The Labute approximate surface area is 330 Å². The second-order valence-electron chi connectivity index (χ2n) is 14.6. The number of anilines is 3. The Kier molecular flexibility index (Phi) is 7.82. The van der Waals surface area contributed by atoms with Crippen LogP contribution in [0.25, 0.3) is 82.8 Å². The van der Waals surface area contributed by atoms with Gasteiger partial charge in [0.05, 0.1) is 11.0 Å². The third kappa shape index (κ3) is 5.68. The first-order valence-corrected chi connectivity index (χ1v) is 19.4. The molecule has 0 saturated heterocycles. The molecule has 0 saturated carbocycles. The Hall–Kier alpha value is -7.62. The fourth-order valence-corrected chi connectivity index (χ4v) is 8.50. The molecule has 0 spiro atoms. The summed E-state index contributed by atoms with van der Waals surface area (Å²) in [5.41, 5.74) is 15.3. The van der Waals surface area contributed by atoms with Gasteiger partial charge in [0.2, 0.25) is 0 Å². The van der Waals surface area contributed by atoms with E-state index in [1.807, 2.05) is 6.07 Å². The number of hydrogen-bond donors (Lipinski definition) is 0. The molecule has 0 aliphatic carbocycles. The van der Waals surface area contributed by atoms with Gasteiger partial charge in [-0.25, -0.2) is 0 Å². The van der Waals surface area contributed by atoms with Gasteiger partial charge in [0.1, 0.15) is 11.2 Å². The van der Waals surface area contributed by atoms with E-state index >= 15 is 0 Å². The van der Waals surface area contributed by atoms with Crippen LogP contribution in [0, 0.1) is 0 Å². The summed E-state index contributed by atoms with van der Waals surface area (Å²) in [4.78, 5) is 2.36. The van der Waals surface area contributed by atoms with Gasteiger partial charge >= 0.3 is 0 Å². The summed E-state index contributed by atoms with van der Waals surface area (Å²) in [5.74, 6) is 0. The van der Waals surface area contributed by atoms with Crippen LogP contribution in [-0.2, 0) is 0 Å². The molecular formula is C54H36N2O. The van der Waals surface area contributed by atoms with Crippen LogP contribution in [0.1, 0.15) is 0 Å². The molecule has 11 rings (SSSR count). The lowest BCUT2D eigenvalue weighted by atomic mass is 10.00. The summed E-state index contributed by atoms with van der Waals surface area (Å²) in [6, 6.07) is 78.1. The van der Waals surface area contributed by atoms with E-state index in [0.29, 0.717) is 0 Å². The van der Waals surface area contributed by atoms with Crippen molar-refractivity contribution >= 4 is 60.8 Å². The van der Waals surface area contributed by atoms with E-state index in [4.69, 9.17) is 4.42 Å². The molecule has 57 heavy (non-hydrogen) atoms. The lowest BCUT2D eigenvalue weighted by Gasteiger charge is -2.27. The van der Waals surface area contributed by atoms with Gasteiger partial charge in [-0.05, 0) is 94.5 Å². The van der Waals surface area contributed by atoms with Crippen molar-refractivity contribution in [1.82, 2.24) is 4.57 Å². The number of hydrogen-bond acceptors (Lipinski definition) is 2. The maximum atomic E-state index is 6.69. The maximum absolute atomic E-state index is 6.69. The van der Waals surface area contributed by atoms with Gasteiger partial charge in [-0.3, -0.25) is 0 Å². The van der Waals surface area contributed by atoms with E-state index in [1.54, 1.807) is 0 Å². The molecular weight excluding hydrogens is 693 g/mol. The minimum atomic E-state index is 0.882. The number of benzene rings is 9. The first kappa shape index (κ1) is 32.8. The summed E-state index contributed by atoms with van der Waals surface area (Å²) >= 11 is 0. The molecule has 9 aromatic carbocycles. The molecule has 0 radical (unpaired) electrons. The van der Waals surface area contributed by atoms with Crippen molar-refractivity contribution in [2.45, 2.75) is 0 Å². The minimum absolute atomic E-state index is 0.882. The Balaban J connectivity index is 1.09. The third-order valence-corrected chi connectivity index (χ3v) is 11.2. The van der Waals surface area contributed by atoms with Gasteiger partial charge in [-0.15, -0.1) is 0 Å². The number of furan rings is 1. The molecule has 0 aliphatic heterocycles. The Bertz CT molecular complexity index is 3090. The molecule has 0 amide bonds. The number of aromatic nitrogens is 1. The Morgan fingerprint density at radius 3 is 1.44 bits per heavy atom.